The molecule has 0 aliphatic heterocycles. The van der Waals surface area contributed by atoms with Gasteiger partial charge in [0, 0.05) is 11.8 Å². The van der Waals surface area contributed by atoms with Gasteiger partial charge in [-0.05, 0) is 44.3 Å². The van der Waals surface area contributed by atoms with Crippen molar-refractivity contribution in [3.63, 3.8) is 0 Å². The van der Waals surface area contributed by atoms with Gasteiger partial charge in [0.2, 0.25) is 11.8 Å². The molecule has 2 aromatic carbocycles. The number of rotatable bonds is 6. The van der Waals surface area contributed by atoms with Crippen LogP contribution in [0.15, 0.2) is 36.4 Å². The molecular formula is C18H17Cl2F2N3O2. The van der Waals surface area contributed by atoms with Crippen molar-refractivity contribution in [3.8, 4) is 0 Å². The molecule has 0 saturated carbocycles. The molecule has 144 valence electrons. The minimum absolute atomic E-state index is 0.111. The van der Waals surface area contributed by atoms with E-state index >= 15 is 0 Å². The van der Waals surface area contributed by atoms with E-state index in [0.29, 0.717) is 15.7 Å². The van der Waals surface area contributed by atoms with Gasteiger partial charge >= 0.3 is 0 Å². The van der Waals surface area contributed by atoms with Crippen LogP contribution in [0.2, 0.25) is 10.0 Å². The number of halogens is 4. The number of amides is 2. The standard InChI is InChI=1S/C18H17Cl2F2N3O2/c1-10(18(27)24-16-7-11(21)3-6-15(16)22)25(2)9-17(26)23-12-4-5-13(19)14(20)8-12/h3-8,10H,9H2,1-2H3,(H,23,26)(H,24,27). The van der Waals surface area contributed by atoms with Gasteiger partial charge in [-0.15, -0.1) is 0 Å². The van der Waals surface area contributed by atoms with E-state index in [0.717, 1.165) is 18.2 Å². The number of anilines is 2. The van der Waals surface area contributed by atoms with Crippen molar-refractivity contribution in [2.45, 2.75) is 13.0 Å². The van der Waals surface area contributed by atoms with Crippen LogP contribution in [-0.4, -0.2) is 36.3 Å². The summed E-state index contributed by atoms with van der Waals surface area (Å²) in [6.45, 7) is 1.43. The van der Waals surface area contributed by atoms with Gasteiger partial charge in [-0.3, -0.25) is 14.5 Å². The van der Waals surface area contributed by atoms with Gasteiger partial charge in [-0.25, -0.2) is 8.78 Å². The molecule has 27 heavy (non-hydrogen) atoms. The number of hydrogen-bond acceptors (Lipinski definition) is 3. The Morgan fingerprint density at radius 1 is 1.07 bits per heavy atom. The highest BCUT2D eigenvalue weighted by Crippen LogP contribution is 2.25. The van der Waals surface area contributed by atoms with Crippen LogP contribution in [0.4, 0.5) is 20.2 Å². The van der Waals surface area contributed by atoms with E-state index in [1.54, 1.807) is 26.1 Å². The lowest BCUT2D eigenvalue weighted by atomic mass is 10.2. The molecule has 2 N–H and O–H groups in total. The van der Waals surface area contributed by atoms with E-state index in [1.165, 1.54) is 11.0 Å². The Bertz CT molecular complexity index is 864. The molecule has 0 saturated heterocycles. The molecule has 1 unspecified atom stereocenters. The van der Waals surface area contributed by atoms with Crippen LogP contribution in [0.5, 0.6) is 0 Å². The van der Waals surface area contributed by atoms with Crippen LogP contribution in [0.25, 0.3) is 0 Å². The second-order valence-corrected chi connectivity index (χ2v) is 6.70. The molecular weight excluding hydrogens is 399 g/mol. The highest BCUT2D eigenvalue weighted by Gasteiger charge is 2.21. The molecule has 0 fully saturated rings. The maximum absolute atomic E-state index is 13.6. The van der Waals surface area contributed by atoms with E-state index < -0.39 is 23.6 Å². The van der Waals surface area contributed by atoms with E-state index in [1.807, 2.05) is 0 Å². The predicted octanol–water partition coefficient (Wildman–Crippen LogP) is 4.17. The van der Waals surface area contributed by atoms with Crippen LogP contribution in [-0.2, 0) is 9.59 Å². The maximum Gasteiger partial charge on any atom is 0.241 e. The van der Waals surface area contributed by atoms with Gasteiger partial charge < -0.3 is 10.6 Å². The summed E-state index contributed by atoms with van der Waals surface area (Å²) in [5, 5.41) is 5.61. The molecule has 2 rings (SSSR count). The first-order chi connectivity index (χ1) is 12.7. The summed E-state index contributed by atoms with van der Waals surface area (Å²) in [7, 11) is 1.56. The zero-order valence-corrected chi connectivity index (χ0v) is 16.0. The first-order valence-corrected chi connectivity index (χ1v) is 8.64. The largest absolute Gasteiger partial charge is 0.325 e. The van der Waals surface area contributed by atoms with Crippen molar-refractivity contribution >= 4 is 46.4 Å². The molecule has 0 aromatic heterocycles. The van der Waals surface area contributed by atoms with Crippen LogP contribution >= 0.6 is 23.2 Å². The molecule has 2 amide bonds. The zero-order chi connectivity index (χ0) is 20.1. The van der Waals surface area contributed by atoms with Crippen molar-refractivity contribution in [1.29, 1.82) is 0 Å². The molecule has 5 nitrogen and oxygen atoms in total. The van der Waals surface area contributed by atoms with Crippen molar-refractivity contribution in [1.82, 2.24) is 4.90 Å². The Morgan fingerprint density at radius 3 is 2.44 bits per heavy atom. The third kappa shape index (κ3) is 5.89. The highest BCUT2D eigenvalue weighted by molar-refractivity contribution is 6.42. The molecule has 0 aliphatic rings. The lowest BCUT2D eigenvalue weighted by Gasteiger charge is -2.23. The van der Waals surface area contributed by atoms with Gasteiger partial charge in [-0.1, -0.05) is 23.2 Å². The summed E-state index contributed by atoms with van der Waals surface area (Å²) < 4.78 is 26.8. The molecule has 2 aromatic rings. The van der Waals surface area contributed by atoms with E-state index in [9.17, 15) is 18.4 Å². The fourth-order valence-corrected chi connectivity index (χ4v) is 2.47. The Hall–Kier alpha value is -2.22. The fourth-order valence-electron chi connectivity index (χ4n) is 2.17. The highest BCUT2D eigenvalue weighted by atomic mass is 35.5. The fraction of sp³-hybridized carbons (Fsp3) is 0.222. The minimum atomic E-state index is -0.771. The third-order valence-electron chi connectivity index (χ3n) is 3.82. The van der Waals surface area contributed by atoms with Crippen LogP contribution < -0.4 is 10.6 Å². The third-order valence-corrected chi connectivity index (χ3v) is 4.56. The van der Waals surface area contributed by atoms with Crippen LogP contribution in [0.3, 0.4) is 0 Å². The number of carbonyl (C=O) groups excluding carboxylic acids is 2. The molecule has 9 heteroatoms. The van der Waals surface area contributed by atoms with Gasteiger partial charge in [0.15, 0.2) is 0 Å². The topological polar surface area (TPSA) is 61.4 Å². The molecule has 1 atom stereocenters. The summed E-state index contributed by atoms with van der Waals surface area (Å²) in [5.74, 6) is -2.39. The monoisotopic (exact) mass is 415 g/mol. The average Bonchev–Trinajstić information content (AvgIpc) is 2.60. The number of hydrogen-bond donors (Lipinski definition) is 2. The van der Waals surface area contributed by atoms with Gasteiger partial charge in [-0.2, -0.15) is 0 Å². The van der Waals surface area contributed by atoms with E-state index in [2.05, 4.69) is 10.6 Å². The Kier molecular flexibility index (Phi) is 7.12. The van der Waals surface area contributed by atoms with E-state index in [4.69, 9.17) is 23.2 Å². The lowest BCUT2D eigenvalue weighted by molar-refractivity contribution is -0.122. The normalized spacial score (nSPS) is 12.0. The number of likely N-dealkylation sites (N-methyl/N-ethyl adjacent to an activating group) is 1. The summed E-state index contributed by atoms with van der Waals surface area (Å²) in [6, 6.07) is 6.63. The summed E-state index contributed by atoms with van der Waals surface area (Å²) in [4.78, 5) is 25.8. The minimum Gasteiger partial charge on any atom is -0.325 e. The second-order valence-electron chi connectivity index (χ2n) is 5.88. The van der Waals surface area contributed by atoms with E-state index in [-0.39, 0.29) is 18.1 Å². The zero-order valence-electron chi connectivity index (χ0n) is 14.5. The Balaban J connectivity index is 1.94. The van der Waals surface area contributed by atoms with Gasteiger partial charge in [0.25, 0.3) is 0 Å². The van der Waals surface area contributed by atoms with Crippen LogP contribution in [0.1, 0.15) is 6.92 Å². The Morgan fingerprint density at radius 2 is 1.78 bits per heavy atom. The average molecular weight is 416 g/mol. The molecule has 0 aliphatic carbocycles. The molecule has 0 spiro atoms. The van der Waals surface area contributed by atoms with Gasteiger partial charge in [0.1, 0.15) is 11.6 Å². The quantitative estimate of drug-likeness (QED) is 0.743. The van der Waals surface area contributed by atoms with Gasteiger partial charge in [0.05, 0.1) is 28.3 Å². The van der Waals surface area contributed by atoms with Crippen molar-refractivity contribution in [2.24, 2.45) is 0 Å². The predicted molar refractivity (Wildman–Crippen MR) is 102 cm³/mol. The SMILES string of the molecule is CC(C(=O)Nc1cc(F)ccc1F)N(C)CC(=O)Nc1ccc(Cl)c(Cl)c1. The summed E-state index contributed by atoms with van der Waals surface area (Å²) >= 11 is 11.7. The first kappa shape index (κ1) is 21.1. The molecule has 0 heterocycles. The number of nitrogens with zero attached hydrogens (tertiary/aromatic N) is 1. The first-order valence-electron chi connectivity index (χ1n) is 7.88. The lowest BCUT2D eigenvalue weighted by Crippen LogP contribution is -2.43. The number of benzene rings is 2. The van der Waals surface area contributed by atoms with Crippen molar-refractivity contribution in [3.05, 3.63) is 58.1 Å². The molecule has 0 radical (unpaired) electrons. The Labute approximate surface area is 165 Å². The molecule has 0 bridgehead atoms. The summed E-state index contributed by atoms with van der Waals surface area (Å²) in [6.07, 6.45) is 0. The summed E-state index contributed by atoms with van der Waals surface area (Å²) in [5.41, 5.74) is 0.197. The van der Waals surface area contributed by atoms with Crippen molar-refractivity contribution in [2.75, 3.05) is 24.2 Å². The van der Waals surface area contributed by atoms with Crippen molar-refractivity contribution < 1.29 is 18.4 Å². The number of nitrogens with one attached hydrogen (secondary N) is 2. The maximum atomic E-state index is 13.6. The van der Waals surface area contributed by atoms with Crippen LogP contribution in [0, 0.1) is 11.6 Å². The second kappa shape index (κ2) is 9.12. The number of carbonyl (C=O) groups is 2. The smallest absolute Gasteiger partial charge is 0.241 e.